The number of carbonyl (C=O) groups excluding carboxylic acids is 1. The predicted octanol–water partition coefficient (Wildman–Crippen LogP) is 2.35. The van der Waals surface area contributed by atoms with Crippen LogP contribution in [0.15, 0.2) is 24.4 Å². The molecular formula is C18H32Cl2N4O2. The number of pyridine rings is 1. The van der Waals surface area contributed by atoms with Crippen molar-refractivity contribution in [1.29, 1.82) is 0 Å². The molecule has 26 heavy (non-hydrogen) atoms. The van der Waals surface area contributed by atoms with E-state index in [0.29, 0.717) is 18.9 Å². The van der Waals surface area contributed by atoms with Crippen LogP contribution in [-0.4, -0.2) is 61.7 Å². The molecule has 150 valence electrons. The Hall–Kier alpha value is -1.08. The van der Waals surface area contributed by atoms with Gasteiger partial charge in [-0.3, -0.25) is 4.79 Å². The van der Waals surface area contributed by atoms with Gasteiger partial charge in [0.25, 0.3) is 0 Å². The second kappa shape index (κ2) is 13.1. The number of methoxy groups -OCH3 is 1. The largest absolute Gasteiger partial charge is 0.380 e. The predicted molar refractivity (Wildman–Crippen MR) is 110 cm³/mol. The molecule has 1 aliphatic heterocycles. The third-order valence-electron chi connectivity index (χ3n) is 4.80. The van der Waals surface area contributed by atoms with Crippen LogP contribution in [0, 0.1) is 5.92 Å². The molecule has 2 rings (SSSR count). The molecule has 1 aliphatic rings. The number of rotatable bonds is 8. The van der Waals surface area contributed by atoms with E-state index in [1.54, 1.807) is 7.11 Å². The van der Waals surface area contributed by atoms with Gasteiger partial charge in [-0.1, -0.05) is 6.07 Å². The molecule has 1 fully saturated rings. The van der Waals surface area contributed by atoms with E-state index < -0.39 is 0 Å². The standard InChI is InChI=1S/C18H30N4O2.2ClH/c1-3-21(18(23)12-16(13-19)24-2)14-15-7-10-22(11-8-15)17-6-4-5-9-20-17;;/h4-6,9,15-16H,3,7-8,10-14,19H2,1-2H3;2*1H. The van der Waals surface area contributed by atoms with Gasteiger partial charge < -0.3 is 20.3 Å². The third-order valence-corrected chi connectivity index (χ3v) is 4.80. The van der Waals surface area contributed by atoms with Gasteiger partial charge in [-0.05, 0) is 37.8 Å². The second-order valence-corrected chi connectivity index (χ2v) is 6.35. The summed E-state index contributed by atoms with van der Waals surface area (Å²) in [6, 6.07) is 6.02. The lowest BCUT2D eigenvalue weighted by molar-refractivity contribution is -0.134. The number of halogens is 2. The van der Waals surface area contributed by atoms with Gasteiger partial charge in [0, 0.05) is 46.0 Å². The molecule has 2 N–H and O–H groups in total. The highest BCUT2D eigenvalue weighted by Gasteiger charge is 2.24. The molecule has 0 bridgehead atoms. The summed E-state index contributed by atoms with van der Waals surface area (Å²) in [4.78, 5) is 21.1. The van der Waals surface area contributed by atoms with E-state index >= 15 is 0 Å². The van der Waals surface area contributed by atoms with Crippen LogP contribution in [0.1, 0.15) is 26.2 Å². The van der Waals surface area contributed by atoms with Gasteiger partial charge in [0.15, 0.2) is 0 Å². The topological polar surface area (TPSA) is 71.7 Å². The second-order valence-electron chi connectivity index (χ2n) is 6.35. The van der Waals surface area contributed by atoms with Crippen LogP contribution in [0.5, 0.6) is 0 Å². The number of carbonyl (C=O) groups is 1. The molecule has 1 atom stereocenters. The Bertz CT molecular complexity index is 495. The molecule has 0 radical (unpaired) electrons. The number of nitrogens with zero attached hydrogens (tertiary/aromatic N) is 3. The summed E-state index contributed by atoms with van der Waals surface area (Å²) in [6.45, 7) is 5.97. The molecular weight excluding hydrogens is 375 g/mol. The van der Waals surface area contributed by atoms with Crippen LogP contribution < -0.4 is 10.6 Å². The van der Waals surface area contributed by atoms with Crippen LogP contribution >= 0.6 is 24.8 Å². The monoisotopic (exact) mass is 406 g/mol. The number of piperidine rings is 1. The van der Waals surface area contributed by atoms with Gasteiger partial charge in [-0.2, -0.15) is 0 Å². The summed E-state index contributed by atoms with van der Waals surface area (Å²) in [5.41, 5.74) is 5.62. The summed E-state index contributed by atoms with van der Waals surface area (Å²) in [7, 11) is 1.61. The van der Waals surface area contributed by atoms with Crippen LogP contribution in [0.4, 0.5) is 5.82 Å². The average molecular weight is 407 g/mol. The normalized spacial score (nSPS) is 15.6. The minimum absolute atomic E-state index is 0. The minimum Gasteiger partial charge on any atom is -0.380 e. The molecule has 1 aromatic rings. The molecule has 0 spiro atoms. The van der Waals surface area contributed by atoms with Gasteiger partial charge in [0.2, 0.25) is 5.91 Å². The Labute approximate surface area is 169 Å². The van der Waals surface area contributed by atoms with Crippen molar-refractivity contribution in [3.05, 3.63) is 24.4 Å². The minimum atomic E-state index is -0.183. The molecule has 0 saturated carbocycles. The van der Waals surface area contributed by atoms with E-state index in [-0.39, 0.29) is 36.8 Å². The zero-order chi connectivity index (χ0) is 17.4. The van der Waals surface area contributed by atoms with E-state index in [0.717, 1.165) is 44.8 Å². The summed E-state index contributed by atoms with van der Waals surface area (Å²) in [6.07, 6.45) is 4.20. The highest BCUT2D eigenvalue weighted by atomic mass is 35.5. The number of aromatic nitrogens is 1. The van der Waals surface area contributed by atoms with Crippen LogP contribution in [0.3, 0.4) is 0 Å². The molecule has 1 amide bonds. The Kier molecular flexibility index (Phi) is 12.6. The number of amides is 1. The maximum Gasteiger partial charge on any atom is 0.225 e. The zero-order valence-electron chi connectivity index (χ0n) is 15.7. The summed E-state index contributed by atoms with van der Waals surface area (Å²) < 4.78 is 5.23. The van der Waals surface area contributed by atoms with Gasteiger partial charge in [-0.25, -0.2) is 4.98 Å². The fourth-order valence-electron chi connectivity index (χ4n) is 3.19. The van der Waals surface area contributed by atoms with Crippen molar-refractivity contribution < 1.29 is 9.53 Å². The number of anilines is 1. The van der Waals surface area contributed by atoms with E-state index in [4.69, 9.17) is 10.5 Å². The maximum atomic E-state index is 12.4. The number of ether oxygens (including phenoxy) is 1. The molecule has 1 unspecified atom stereocenters. The fraction of sp³-hybridized carbons (Fsp3) is 0.667. The fourth-order valence-corrected chi connectivity index (χ4v) is 3.19. The Morgan fingerprint density at radius 3 is 2.58 bits per heavy atom. The first-order valence-electron chi connectivity index (χ1n) is 8.84. The van der Waals surface area contributed by atoms with Crippen molar-refractivity contribution >= 4 is 36.5 Å². The average Bonchev–Trinajstić information content (AvgIpc) is 2.65. The van der Waals surface area contributed by atoms with E-state index in [9.17, 15) is 4.79 Å². The maximum absolute atomic E-state index is 12.4. The van der Waals surface area contributed by atoms with Gasteiger partial charge in [0.1, 0.15) is 5.82 Å². The van der Waals surface area contributed by atoms with Crippen molar-refractivity contribution in [2.45, 2.75) is 32.3 Å². The van der Waals surface area contributed by atoms with Gasteiger partial charge in [0.05, 0.1) is 12.5 Å². The quantitative estimate of drug-likeness (QED) is 0.716. The first-order valence-corrected chi connectivity index (χ1v) is 8.84. The van der Waals surface area contributed by atoms with Crippen molar-refractivity contribution in [3.8, 4) is 0 Å². The summed E-state index contributed by atoms with van der Waals surface area (Å²) >= 11 is 0. The molecule has 0 aromatic carbocycles. The number of hydrogen-bond donors (Lipinski definition) is 1. The van der Waals surface area contributed by atoms with E-state index in [1.165, 1.54) is 0 Å². The highest BCUT2D eigenvalue weighted by Crippen LogP contribution is 2.22. The van der Waals surface area contributed by atoms with Crippen LogP contribution in [-0.2, 0) is 9.53 Å². The smallest absolute Gasteiger partial charge is 0.225 e. The molecule has 0 aliphatic carbocycles. The van der Waals surface area contributed by atoms with E-state index in [2.05, 4.69) is 16.0 Å². The first kappa shape index (κ1) is 24.9. The van der Waals surface area contributed by atoms with E-state index in [1.807, 2.05) is 30.2 Å². The number of nitrogens with two attached hydrogens (primary N) is 1. The molecule has 1 aromatic heterocycles. The summed E-state index contributed by atoms with van der Waals surface area (Å²) in [5.74, 6) is 1.74. The Morgan fingerprint density at radius 1 is 1.38 bits per heavy atom. The van der Waals surface area contributed by atoms with Crippen molar-refractivity contribution in [2.24, 2.45) is 11.7 Å². The zero-order valence-corrected chi connectivity index (χ0v) is 17.3. The molecule has 1 saturated heterocycles. The highest BCUT2D eigenvalue weighted by molar-refractivity contribution is 5.85. The van der Waals surface area contributed by atoms with Crippen LogP contribution in [0.2, 0.25) is 0 Å². The van der Waals surface area contributed by atoms with Gasteiger partial charge >= 0.3 is 0 Å². The third kappa shape index (κ3) is 7.27. The molecule has 2 heterocycles. The lowest BCUT2D eigenvalue weighted by atomic mass is 9.96. The molecule has 6 nitrogen and oxygen atoms in total. The first-order chi connectivity index (χ1) is 11.7. The lowest BCUT2D eigenvalue weighted by Crippen LogP contribution is -2.42. The Morgan fingerprint density at radius 2 is 2.08 bits per heavy atom. The van der Waals surface area contributed by atoms with Crippen molar-refractivity contribution in [3.63, 3.8) is 0 Å². The molecule has 8 heteroatoms. The van der Waals surface area contributed by atoms with Crippen molar-refractivity contribution in [1.82, 2.24) is 9.88 Å². The lowest BCUT2D eigenvalue weighted by Gasteiger charge is -2.35. The Balaban J connectivity index is 0.00000312. The van der Waals surface area contributed by atoms with Crippen LogP contribution in [0.25, 0.3) is 0 Å². The van der Waals surface area contributed by atoms with Crippen molar-refractivity contribution in [2.75, 3.05) is 44.7 Å². The summed E-state index contributed by atoms with van der Waals surface area (Å²) in [5, 5.41) is 0. The SMILES string of the molecule is CCN(CC1CCN(c2ccccn2)CC1)C(=O)CC(CN)OC.Cl.Cl. The van der Waals surface area contributed by atoms with Gasteiger partial charge in [-0.15, -0.1) is 24.8 Å². The number of hydrogen-bond acceptors (Lipinski definition) is 5.